The first-order valence-corrected chi connectivity index (χ1v) is 5.27. The fourth-order valence-electron chi connectivity index (χ4n) is 1.23. The van der Waals surface area contributed by atoms with Crippen LogP contribution in [0, 0.1) is 0 Å². The topological polar surface area (TPSA) is 55.8 Å². The van der Waals surface area contributed by atoms with Crippen molar-refractivity contribution in [2.45, 2.75) is 0 Å². The quantitative estimate of drug-likeness (QED) is 0.191. The molecule has 0 N–H and O–H groups in total. The van der Waals surface area contributed by atoms with Gasteiger partial charge in [0.2, 0.25) is 6.79 Å². The van der Waals surface area contributed by atoms with Crippen LogP contribution in [-0.2, 0) is 14.3 Å². The third kappa shape index (κ3) is 3.62. The average molecular weight is 249 g/mol. The predicted octanol–water partition coefficient (Wildman–Crippen LogP) is 1.60. The van der Waals surface area contributed by atoms with Crippen molar-refractivity contribution < 1.29 is 19.1 Å². The van der Waals surface area contributed by atoms with Gasteiger partial charge in [-0.3, -0.25) is 4.79 Å². The van der Waals surface area contributed by atoms with Gasteiger partial charge in [0.15, 0.2) is 0 Å². The Balaban J connectivity index is 2.66. The number of ether oxygens (including phenoxy) is 2. The summed E-state index contributed by atoms with van der Waals surface area (Å²) in [5, 5.41) is 0. The Labute approximate surface area is 106 Å². The van der Waals surface area contributed by atoms with Gasteiger partial charge in [-0.05, 0) is 24.3 Å². The van der Waals surface area contributed by atoms with E-state index < -0.39 is 11.8 Å². The summed E-state index contributed by atoms with van der Waals surface area (Å²) >= 11 is 0. The highest BCUT2D eigenvalue weighted by molar-refractivity contribution is 6.40. The molecule has 0 spiro atoms. The van der Waals surface area contributed by atoms with Crippen LogP contribution in [0.4, 0.5) is 5.69 Å². The third-order valence-electron chi connectivity index (χ3n) is 2.21. The molecule has 1 aromatic rings. The van der Waals surface area contributed by atoms with Crippen LogP contribution in [0.25, 0.3) is 0 Å². The number of nitrogens with zero attached hydrogens (tertiary/aromatic N) is 1. The molecule has 0 bridgehead atoms. The summed E-state index contributed by atoms with van der Waals surface area (Å²) in [6, 6.07) is 6.65. The number of ketones is 1. The van der Waals surface area contributed by atoms with Crippen LogP contribution in [0.2, 0.25) is 0 Å². The number of hydrogen-bond donors (Lipinski definition) is 0. The van der Waals surface area contributed by atoms with Gasteiger partial charge < -0.3 is 14.4 Å². The normalized spacial score (nSPS) is 9.44. The Hall–Kier alpha value is -2.30. The second-order valence-corrected chi connectivity index (χ2v) is 3.65. The summed E-state index contributed by atoms with van der Waals surface area (Å²) < 4.78 is 9.19. The number of benzene rings is 1. The predicted molar refractivity (Wildman–Crippen MR) is 67.3 cm³/mol. The standard InChI is InChI=1S/C13H15NO4/c1-4-17-9-18-13(16)12(15)10-5-7-11(8-6-10)14(2)3/h4-8H,1,9H2,2-3H3. The van der Waals surface area contributed by atoms with E-state index in [9.17, 15) is 9.59 Å². The van der Waals surface area contributed by atoms with Gasteiger partial charge in [-0.15, -0.1) is 0 Å². The van der Waals surface area contributed by atoms with E-state index in [1.165, 1.54) is 0 Å². The smallest absolute Gasteiger partial charge is 0.382 e. The Kier molecular flexibility index (Phi) is 4.92. The minimum Gasteiger partial charge on any atom is -0.466 e. The molecule has 0 aromatic heterocycles. The molecule has 18 heavy (non-hydrogen) atoms. The van der Waals surface area contributed by atoms with E-state index in [4.69, 9.17) is 0 Å². The summed E-state index contributed by atoms with van der Waals surface area (Å²) in [4.78, 5) is 24.9. The second-order valence-electron chi connectivity index (χ2n) is 3.65. The van der Waals surface area contributed by atoms with Gasteiger partial charge >= 0.3 is 5.97 Å². The Morgan fingerprint density at radius 2 is 1.89 bits per heavy atom. The Morgan fingerprint density at radius 3 is 2.39 bits per heavy atom. The fourth-order valence-corrected chi connectivity index (χ4v) is 1.23. The van der Waals surface area contributed by atoms with Gasteiger partial charge in [-0.2, -0.15) is 0 Å². The third-order valence-corrected chi connectivity index (χ3v) is 2.21. The minimum atomic E-state index is -0.950. The van der Waals surface area contributed by atoms with Crippen molar-refractivity contribution in [1.82, 2.24) is 0 Å². The lowest BCUT2D eigenvalue weighted by atomic mass is 10.1. The largest absolute Gasteiger partial charge is 0.466 e. The summed E-state index contributed by atoms with van der Waals surface area (Å²) in [5.74, 6) is -1.65. The molecular formula is C13H15NO4. The van der Waals surface area contributed by atoms with Gasteiger partial charge in [-0.1, -0.05) is 6.58 Å². The molecule has 0 heterocycles. The molecule has 0 atom stereocenters. The summed E-state index contributed by atoms with van der Waals surface area (Å²) in [6.07, 6.45) is 1.13. The molecule has 5 nitrogen and oxygen atoms in total. The summed E-state index contributed by atoms with van der Waals surface area (Å²) in [5.41, 5.74) is 1.22. The van der Waals surface area contributed by atoms with E-state index in [-0.39, 0.29) is 12.4 Å². The molecule has 1 aromatic carbocycles. The van der Waals surface area contributed by atoms with Crippen molar-refractivity contribution in [2.75, 3.05) is 25.8 Å². The number of rotatable bonds is 6. The van der Waals surface area contributed by atoms with E-state index in [0.717, 1.165) is 11.9 Å². The van der Waals surface area contributed by atoms with Gasteiger partial charge in [0.1, 0.15) is 0 Å². The number of Topliss-reactive ketones (excluding diaryl/α,β-unsaturated/α-hetero) is 1. The SMILES string of the molecule is C=COCOC(=O)C(=O)c1ccc(N(C)C)cc1. The maximum atomic E-state index is 11.7. The number of carbonyl (C=O) groups is 2. The Bertz CT molecular complexity index is 437. The summed E-state index contributed by atoms with van der Waals surface area (Å²) in [7, 11) is 3.77. The van der Waals surface area contributed by atoms with E-state index in [0.29, 0.717) is 0 Å². The molecule has 1 rings (SSSR count). The first-order valence-electron chi connectivity index (χ1n) is 5.27. The first kappa shape index (κ1) is 13.8. The molecular weight excluding hydrogens is 234 g/mol. The van der Waals surface area contributed by atoms with Gasteiger partial charge in [0.05, 0.1) is 6.26 Å². The lowest BCUT2D eigenvalue weighted by Gasteiger charge is -2.12. The molecule has 0 aliphatic carbocycles. The molecule has 0 aliphatic rings. The lowest BCUT2D eigenvalue weighted by molar-refractivity contribution is -0.146. The molecule has 0 saturated heterocycles. The lowest BCUT2D eigenvalue weighted by Crippen LogP contribution is -2.18. The molecule has 96 valence electrons. The van der Waals surface area contributed by atoms with Crippen LogP contribution in [0.5, 0.6) is 0 Å². The zero-order chi connectivity index (χ0) is 13.5. The van der Waals surface area contributed by atoms with Crippen LogP contribution in [-0.4, -0.2) is 32.6 Å². The van der Waals surface area contributed by atoms with E-state index in [1.54, 1.807) is 24.3 Å². The number of anilines is 1. The molecule has 0 fully saturated rings. The second kappa shape index (κ2) is 6.44. The summed E-state index contributed by atoms with van der Waals surface area (Å²) in [6.45, 7) is 2.97. The van der Waals surface area contributed by atoms with Gasteiger partial charge in [0, 0.05) is 25.3 Å². The average Bonchev–Trinajstić information content (AvgIpc) is 2.38. The maximum Gasteiger partial charge on any atom is 0.382 e. The van der Waals surface area contributed by atoms with Crippen molar-refractivity contribution in [1.29, 1.82) is 0 Å². The van der Waals surface area contributed by atoms with Crippen molar-refractivity contribution in [3.8, 4) is 0 Å². The van der Waals surface area contributed by atoms with Crippen LogP contribution in [0.3, 0.4) is 0 Å². The minimum absolute atomic E-state index is 0.282. The van der Waals surface area contributed by atoms with Crippen molar-refractivity contribution in [3.63, 3.8) is 0 Å². The highest BCUT2D eigenvalue weighted by Gasteiger charge is 2.17. The molecule has 5 heteroatoms. The molecule has 0 radical (unpaired) electrons. The first-order chi connectivity index (χ1) is 8.56. The van der Waals surface area contributed by atoms with Crippen molar-refractivity contribution in [3.05, 3.63) is 42.7 Å². The van der Waals surface area contributed by atoms with Crippen molar-refractivity contribution >= 4 is 17.4 Å². The molecule has 0 unspecified atom stereocenters. The Morgan fingerprint density at radius 1 is 1.28 bits per heavy atom. The number of esters is 1. The van der Waals surface area contributed by atoms with Crippen molar-refractivity contribution in [2.24, 2.45) is 0 Å². The van der Waals surface area contributed by atoms with Crippen LogP contribution < -0.4 is 4.90 Å². The van der Waals surface area contributed by atoms with Gasteiger partial charge in [0.25, 0.3) is 5.78 Å². The van der Waals surface area contributed by atoms with Gasteiger partial charge in [-0.25, -0.2) is 4.79 Å². The molecule has 0 saturated carbocycles. The monoisotopic (exact) mass is 249 g/mol. The molecule has 0 aliphatic heterocycles. The zero-order valence-electron chi connectivity index (χ0n) is 10.4. The highest BCUT2D eigenvalue weighted by Crippen LogP contribution is 2.12. The number of hydrogen-bond acceptors (Lipinski definition) is 5. The van der Waals surface area contributed by atoms with E-state index in [2.05, 4.69) is 16.1 Å². The highest BCUT2D eigenvalue weighted by atomic mass is 16.7. The van der Waals surface area contributed by atoms with Crippen LogP contribution in [0.15, 0.2) is 37.1 Å². The van der Waals surface area contributed by atoms with Crippen LogP contribution in [0.1, 0.15) is 10.4 Å². The van der Waals surface area contributed by atoms with Crippen LogP contribution >= 0.6 is 0 Å². The fraction of sp³-hybridized carbons (Fsp3) is 0.231. The number of carbonyl (C=O) groups excluding carboxylic acids is 2. The zero-order valence-corrected chi connectivity index (χ0v) is 10.4. The molecule has 0 amide bonds. The van der Waals surface area contributed by atoms with E-state index in [1.807, 2.05) is 19.0 Å². The maximum absolute atomic E-state index is 11.7. The van der Waals surface area contributed by atoms with E-state index >= 15 is 0 Å².